The normalized spacial score (nSPS) is 13.2. The van der Waals surface area contributed by atoms with Gasteiger partial charge in [-0.25, -0.2) is 0 Å². The molecule has 0 bridgehead atoms. The molecule has 0 heterocycles. The van der Waals surface area contributed by atoms with Crippen LogP contribution >= 0.6 is 0 Å². The second-order valence-corrected chi connectivity index (χ2v) is 4.05. The number of nitriles is 1. The molecule has 1 rings (SSSR count). The van der Waals surface area contributed by atoms with E-state index in [9.17, 15) is 5.26 Å². The van der Waals surface area contributed by atoms with Crippen LogP contribution in [0.15, 0.2) is 30.3 Å². The number of nitrogens with zero attached hydrogens (tertiary/aromatic N) is 2. The molecular weight excluding hydrogens is 184 g/mol. The molecule has 1 atom stereocenters. The van der Waals surface area contributed by atoms with Gasteiger partial charge in [0.05, 0.1) is 20.1 Å². The highest BCUT2D eigenvalue weighted by Crippen LogP contribution is 2.25. The molecule has 0 aromatic heterocycles. The highest BCUT2D eigenvalue weighted by molar-refractivity contribution is 5.21. The molecule has 0 amide bonds. The zero-order valence-electron chi connectivity index (χ0n) is 9.77. The minimum Gasteiger partial charge on any atom is -0.308 e. The van der Waals surface area contributed by atoms with Crippen LogP contribution < -0.4 is 0 Å². The third kappa shape index (κ3) is 2.37. The number of rotatable bonds is 4. The Morgan fingerprint density at radius 2 is 1.73 bits per heavy atom. The van der Waals surface area contributed by atoms with Gasteiger partial charge in [0.15, 0.2) is 0 Å². The van der Waals surface area contributed by atoms with E-state index in [0.29, 0.717) is 0 Å². The summed E-state index contributed by atoms with van der Waals surface area (Å²) in [7, 11) is 2.14. The SMILES string of the molecule is CC[N+](C)(CC)C(C#N)c1ccccc1. The van der Waals surface area contributed by atoms with E-state index in [1.165, 1.54) is 0 Å². The first-order chi connectivity index (χ1) is 7.18. The zero-order chi connectivity index (χ0) is 11.3. The molecule has 0 spiro atoms. The highest BCUT2D eigenvalue weighted by atomic mass is 15.3. The first-order valence-corrected chi connectivity index (χ1v) is 5.46. The maximum absolute atomic E-state index is 9.31. The molecule has 2 nitrogen and oxygen atoms in total. The summed E-state index contributed by atoms with van der Waals surface area (Å²) in [6.07, 6.45) is 0. The van der Waals surface area contributed by atoms with E-state index in [-0.39, 0.29) is 6.04 Å². The quantitative estimate of drug-likeness (QED) is 0.690. The third-order valence-electron chi connectivity index (χ3n) is 3.31. The summed E-state index contributed by atoms with van der Waals surface area (Å²) in [6, 6.07) is 12.4. The van der Waals surface area contributed by atoms with Gasteiger partial charge in [-0.15, -0.1) is 0 Å². The van der Waals surface area contributed by atoms with Crippen LogP contribution in [0.25, 0.3) is 0 Å². The molecule has 1 aromatic carbocycles. The van der Waals surface area contributed by atoms with Crippen LogP contribution in [-0.4, -0.2) is 24.6 Å². The Hall–Kier alpha value is -1.33. The molecule has 0 aliphatic carbocycles. The van der Waals surface area contributed by atoms with Gasteiger partial charge in [0.1, 0.15) is 6.07 Å². The standard InChI is InChI=1S/C13H19N2/c1-4-15(3,5-2)13(11-14)12-9-7-6-8-10-12/h6-10,13H,4-5H2,1-3H3/q+1. The Labute approximate surface area is 92.3 Å². The summed E-state index contributed by atoms with van der Waals surface area (Å²) in [5.74, 6) is 0. The van der Waals surface area contributed by atoms with Crippen LogP contribution in [0.3, 0.4) is 0 Å². The van der Waals surface area contributed by atoms with E-state index in [1.54, 1.807) is 0 Å². The number of benzene rings is 1. The van der Waals surface area contributed by atoms with E-state index in [2.05, 4.69) is 27.0 Å². The Bertz CT molecular complexity index is 333. The van der Waals surface area contributed by atoms with E-state index in [0.717, 1.165) is 23.1 Å². The molecule has 0 aliphatic heterocycles. The topological polar surface area (TPSA) is 23.8 Å². The summed E-state index contributed by atoms with van der Waals surface area (Å²) in [5.41, 5.74) is 1.12. The number of hydrogen-bond donors (Lipinski definition) is 0. The maximum atomic E-state index is 9.31. The molecule has 0 radical (unpaired) electrons. The van der Waals surface area contributed by atoms with E-state index in [1.807, 2.05) is 30.3 Å². The highest BCUT2D eigenvalue weighted by Gasteiger charge is 2.30. The molecule has 1 aromatic rings. The van der Waals surface area contributed by atoms with Crippen molar-refractivity contribution in [2.24, 2.45) is 0 Å². The lowest BCUT2D eigenvalue weighted by Gasteiger charge is -2.36. The van der Waals surface area contributed by atoms with Gasteiger partial charge in [-0.05, 0) is 13.8 Å². The number of quaternary nitrogens is 1. The Balaban J connectivity index is 3.05. The van der Waals surface area contributed by atoms with Crippen LogP contribution in [-0.2, 0) is 0 Å². The fraction of sp³-hybridized carbons (Fsp3) is 0.462. The van der Waals surface area contributed by atoms with Crippen molar-refractivity contribution in [1.29, 1.82) is 5.26 Å². The summed E-state index contributed by atoms with van der Waals surface area (Å²) in [5, 5.41) is 9.31. The van der Waals surface area contributed by atoms with Crippen molar-refractivity contribution in [3.63, 3.8) is 0 Å². The summed E-state index contributed by atoms with van der Waals surface area (Å²) < 4.78 is 0.778. The van der Waals surface area contributed by atoms with Gasteiger partial charge in [-0.3, -0.25) is 0 Å². The maximum Gasteiger partial charge on any atom is 0.202 e. The molecular formula is C13H19N2+. The van der Waals surface area contributed by atoms with Gasteiger partial charge in [0, 0.05) is 5.56 Å². The average molecular weight is 203 g/mol. The summed E-state index contributed by atoms with van der Waals surface area (Å²) in [6.45, 7) is 6.22. The van der Waals surface area contributed by atoms with Crippen molar-refractivity contribution in [3.05, 3.63) is 35.9 Å². The Kier molecular flexibility index (Phi) is 3.88. The monoisotopic (exact) mass is 203 g/mol. The van der Waals surface area contributed by atoms with Crippen LogP contribution in [0, 0.1) is 11.3 Å². The van der Waals surface area contributed by atoms with Crippen molar-refractivity contribution >= 4 is 0 Å². The molecule has 0 fully saturated rings. The molecule has 0 aliphatic rings. The van der Waals surface area contributed by atoms with Crippen LogP contribution in [0.5, 0.6) is 0 Å². The van der Waals surface area contributed by atoms with Gasteiger partial charge < -0.3 is 4.48 Å². The van der Waals surface area contributed by atoms with Gasteiger partial charge in [-0.1, -0.05) is 30.3 Å². The molecule has 0 N–H and O–H groups in total. The summed E-state index contributed by atoms with van der Waals surface area (Å²) in [4.78, 5) is 0. The van der Waals surface area contributed by atoms with Gasteiger partial charge in [0.25, 0.3) is 0 Å². The smallest absolute Gasteiger partial charge is 0.202 e. The minimum absolute atomic E-state index is 0.0544. The molecule has 15 heavy (non-hydrogen) atoms. The Morgan fingerprint density at radius 3 is 2.13 bits per heavy atom. The zero-order valence-corrected chi connectivity index (χ0v) is 9.77. The van der Waals surface area contributed by atoms with Crippen molar-refractivity contribution in [2.45, 2.75) is 19.9 Å². The van der Waals surface area contributed by atoms with Crippen LogP contribution in [0.4, 0.5) is 0 Å². The minimum atomic E-state index is -0.0544. The molecule has 1 unspecified atom stereocenters. The van der Waals surface area contributed by atoms with Crippen LogP contribution in [0.1, 0.15) is 25.5 Å². The third-order valence-corrected chi connectivity index (χ3v) is 3.31. The average Bonchev–Trinajstić information content (AvgIpc) is 2.31. The van der Waals surface area contributed by atoms with Crippen LogP contribution in [0.2, 0.25) is 0 Å². The predicted molar refractivity (Wildman–Crippen MR) is 62.1 cm³/mol. The predicted octanol–water partition coefficient (Wildman–Crippen LogP) is 2.74. The van der Waals surface area contributed by atoms with Crippen molar-refractivity contribution in [1.82, 2.24) is 0 Å². The number of hydrogen-bond acceptors (Lipinski definition) is 1. The lowest BCUT2D eigenvalue weighted by atomic mass is 10.0. The van der Waals surface area contributed by atoms with Crippen molar-refractivity contribution in [2.75, 3.05) is 20.1 Å². The van der Waals surface area contributed by atoms with Gasteiger partial charge in [-0.2, -0.15) is 5.26 Å². The molecule has 2 heteroatoms. The fourth-order valence-corrected chi connectivity index (χ4v) is 1.80. The molecule has 0 saturated carbocycles. The second-order valence-electron chi connectivity index (χ2n) is 4.05. The van der Waals surface area contributed by atoms with Crippen molar-refractivity contribution < 1.29 is 4.48 Å². The van der Waals surface area contributed by atoms with Gasteiger partial charge in [0.2, 0.25) is 6.04 Å². The first-order valence-electron chi connectivity index (χ1n) is 5.46. The summed E-state index contributed by atoms with van der Waals surface area (Å²) >= 11 is 0. The second kappa shape index (κ2) is 4.95. The first kappa shape index (κ1) is 11.7. The fourth-order valence-electron chi connectivity index (χ4n) is 1.80. The lowest BCUT2D eigenvalue weighted by Crippen LogP contribution is -2.46. The molecule has 0 saturated heterocycles. The van der Waals surface area contributed by atoms with Gasteiger partial charge >= 0.3 is 0 Å². The van der Waals surface area contributed by atoms with E-state index < -0.39 is 0 Å². The largest absolute Gasteiger partial charge is 0.308 e. The molecule has 80 valence electrons. The van der Waals surface area contributed by atoms with E-state index in [4.69, 9.17) is 0 Å². The van der Waals surface area contributed by atoms with Crippen molar-refractivity contribution in [3.8, 4) is 6.07 Å². The lowest BCUT2D eigenvalue weighted by molar-refractivity contribution is -0.928. The van der Waals surface area contributed by atoms with E-state index >= 15 is 0 Å². The Morgan fingerprint density at radius 1 is 1.20 bits per heavy atom.